The fraction of sp³-hybridized carbons (Fsp3) is 0.294. The highest BCUT2D eigenvalue weighted by Crippen LogP contribution is 2.29. The summed E-state index contributed by atoms with van der Waals surface area (Å²) < 4.78 is 0. The number of H-pyrrole nitrogens is 1. The van der Waals surface area contributed by atoms with Crippen molar-refractivity contribution in [1.82, 2.24) is 15.0 Å². The van der Waals surface area contributed by atoms with E-state index >= 15 is 0 Å². The van der Waals surface area contributed by atoms with Gasteiger partial charge in [-0.2, -0.15) is 0 Å². The highest BCUT2D eigenvalue weighted by molar-refractivity contribution is 5.80. The number of nitrogens with zero attached hydrogens (tertiary/aromatic N) is 2. The van der Waals surface area contributed by atoms with E-state index in [4.69, 9.17) is 5.73 Å². The van der Waals surface area contributed by atoms with Gasteiger partial charge in [-0.3, -0.25) is 4.98 Å². The van der Waals surface area contributed by atoms with Crippen molar-refractivity contribution in [3.05, 3.63) is 48.3 Å². The molecule has 3 rings (SSSR count). The minimum atomic E-state index is 0.0743. The molecule has 0 fully saturated rings. The van der Waals surface area contributed by atoms with E-state index in [1.807, 2.05) is 12.1 Å². The Morgan fingerprint density at radius 3 is 2.62 bits per heavy atom. The number of imidazole rings is 1. The molecule has 0 saturated carbocycles. The number of nitrogens with one attached hydrogen (secondary N) is 1. The van der Waals surface area contributed by atoms with Gasteiger partial charge in [0.05, 0.1) is 11.0 Å². The zero-order valence-electron chi connectivity index (χ0n) is 12.4. The summed E-state index contributed by atoms with van der Waals surface area (Å²) in [6.45, 7) is 5.14. The molecular formula is C17H20N4. The molecule has 4 heteroatoms. The Kier molecular flexibility index (Phi) is 3.47. The van der Waals surface area contributed by atoms with E-state index in [0.717, 1.165) is 28.8 Å². The van der Waals surface area contributed by atoms with Crippen LogP contribution >= 0.6 is 0 Å². The summed E-state index contributed by atoms with van der Waals surface area (Å²) in [5, 5.41) is 0. The number of aromatic nitrogens is 3. The average molecular weight is 280 g/mol. The number of hydrogen-bond acceptors (Lipinski definition) is 3. The van der Waals surface area contributed by atoms with Gasteiger partial charge in [-0.1, -0.05) is 19.9 Å². The second-order valence-electron chi connectivity index (χ2n) is 5.98. The van der Waals surface area contributed by atoms with Crippen LogP contribution in [0.2, 0.25) is 0 Å². The molecule has 2 aromatic heterocycles. The lowest BCUT2D eigenvalue weighted by molar-refractivity contribution is 0.488. The lowest BCUT2D eigenvalue weighted by Gasteiger charge is -2.24. The van der Waals surface area contributed by atoms with E-state index in [2.05, 4.69) is 47.0 Å². The molecule has 0 unspecified atom stereocenters. The summed E-state index contributed by atoms with van der Waals surface area (Å²) in [6.07, 6.45) is 4.51. The Bertz CT molecular complexity index is 744. The van der Waals surface area contributed by atoms with E-state index in [9.17, 15) is 0 Å². The molecule has 3 N–H and O–H groups in total. The van der Waals surface area contributed by atoms with Crippen molar-refractivity contribution in [3.8, 4) is 11.4 Å². The van der Waals surface area contributed by atoms with Crippen LogP contribution < -0.4 is 5.73 Å². The molecule has 108 valence electrons. The number of aromatic amines is 1. The first-order valence-corrected chi connectivity index (χ1v) is 7.21. The van der Waals surface area contributed by atoms with Gasteiger partial charge in [0.25, 0.3) is 0 Å². The smallest absolute Gasteiger partial charge is 0.138 e. The standard InChI is InChI=1S/C17H20N4/c1-17(2,7-8-18)13-3-4-14-15(11-13)21-16(20-14)12-5-9-19-10-6-12/h3-6,9-11H,7-8,18H2,1-2H3,(H,20,21). The van der Waals surface area contributed by atoms with Gasteiger partial charge >= 0.3 is 0 Å². The molecular weight excluding hydrogens is 260 g/mol. The predicted molar refractivity (Wildman–Crippen MR) is 86.0 cm³/mol. The van der Waals surface area contributed by atoms with Gasteiger partial charge in [-0.25, -0.2) is 4.98 Å². The van der Waals surface area contributed by atoms with E-state index in [0.29, 0.717) is 6.54 Å². The normalized spacial score (nSPS) is 12.0. The van der Waals surface area contributed by atoms with Crippen molar-refractivity contribution in [3.63, 3.8) is 0 Å². The van der Waals surface area contributed by atoms with Crippen molar-refractivity contribution in [2.75, 3.05) is 6.54 Å². The van der Waals surface area contributed by atoms with Crippen LogP contribution in [0.5, 0.6) is 0 Å². The van der Waals surface area contributed by atoms with Gasteiger partial charge in [-0.15, -0.1) is 0 Å². The Morgan fingerprint density at radius 1 is 1.14 bits per heavy atom. The molecule has 0 spiro atoms. The Hall–Kier alpha value is -2.20. The first kappa shape index (κ1) is 13.8. The Labute approximate surface area is 124 Å². The summed E-state index contributed by atoms with van der Waals surface area (Å²) >= 11 is 0. The first-order chi connectivity index (χ1) is 10.1. The van der Waals surface area contributed by atoms with E-state index in [1.165, 1.54) is 5.56 Å². The Morgan fingerprint density at radius 2 is 1.90 bits per heavy atom. The number of nitrogens with two attached hydrogens (primary N) is 1. The van der Waals surface area contributed by atoms with Gasteiger partial charge < -0.3 is 10.7 Å². The van der Waals surface area contributed by atoms with Crippen molar-refractivity contribution in [1.29, 1.82) is 0 Å². The molecule has 0 bridgehead atoms. The number of benzene rings is 1. The third-order valence-corrected chi connectivity index (χ3v) is 3.99. The fourth-order valence-corrected chi connectivity index (χ4v) is 2.58. The third-order valence-electron chi connectivity index (χ3n) is 3.99. The minimum Gasteiger partial charge on any atom is -0.338 e. The number of rotatable bonds is 4. The maximum absolute atomic E-state index is 5.72. The van der Waals surface area contributed by atoms with Crippen molar-refractivity contribution in [2.24, 2.45) is 5.73 Å². The van der Waals surface area contributed by atoms with Crippen LogP contribution in [0, 0.1) is 0 Å². The van der Waals surface area contributed by atoms with Crippen molar-refractivity contribution >= 4 is 11.0 Å². The topological polar surface area (TPSA) is 67.6 Å². The second kappa shape index (κ2) is 5.30. The van der Waals surface area contributed by atoms with Crippen LogP contribution in [0.1, 0.15) is 25.8 Å². The highest BCUT2D eigenvalue weighted by Gasteiger charge is 2.20. The van der Waals surface area contributed by atoms with Crippen LogP contribution in [-0.2, 0) is 5.41 Å². The molecule has 0 aliphatic rings. The van der Waals surface area contributed by atoms with E-state index < -0.39 is 0 Å². The van der Waals surface area contributed by atoms with E-state index in [-0.39, 0.29) is 5.41 Å². The highest BCUT2D eigenvalue weighted by atomic mass is 14.9. The minimum absolute atomic E-state index is 0.0743. The van der Waals surface area contributed by atoms with Gasteiger partial charge in [0.2, 0.25) is 0 Å². The second-order valence-corrected chi connectivity index (χ2v) is 5.98. The summed E-state index contributed by atoms with van der Waals surface area (Å²) in [7, 11) is 0. The van der Waals surface area contributed by atoms with E-state index in [1.54, 1.807) is 12.4 Å². The van der Waals surface area contributed by atoms with Crippen LogP contribution in [0.15, 0.2) is 42.7 Å². The zero-order valence-corrected chi connectivity index (χ0v) is 12.4. The molecule has 4 nitrogen and oxygen atoms in total. The fourth-order valence-electron chi connectivity index (χ4n) is 2.58. The SMILES string of the molecule is CC(C)(CCN)c1ccc2nc(-c3ccncc3)[nH]c2c1. The average Bonchev–Trinajstić information content (AvgIpc) is 2.91. The molecule has 0 aliphatic heterocycles. The molecule has 3 aromatic rings. The van der Waals surface area contributed by atoms with Gasteiger partial charge in [0, 0.05) is 18.0 Å². The summed E-state index contributed by atoms with van der Waals surface area (Å²) in [5.41, 5.74) is 10.2. The van der Waals surface area contributed by atoms with Crippen LogP contribution in [0.3, 0.4) is 0 Å². The maximum atomic E-state index is 5.72. The number of fused-ring (bicyclic) bond motifs is 1. The first-order valence-electron chi connectivity index (χ1n) is 7.21. The van der Waals surface area contributed by atoms with Crippen LogP contribution in [0.4, 0.5) is 0 Å². The third kappa shape index (κ3) is 2.67. The maximum Gasteiger partial charge on any atom is 0.138 e. The monoisotopic (exact) mass is 280 g/mol. The summed E-state index contributed by atoms with van der Waals surface area (Å²) in [4.78, 5) is 12.1. The molecule has 0 amide bonds. The molecule has 0 saturated heterocycles. The van der Waals surface area contributed by atoms with Crippen molar-refractivity contribution in [2.45, 2.75) is 25.7 Å². The van der Waals surface area contributed by atoms with Crippen molar-refractivity contribution < 1.29 is 0 Å². The molecule has 21 heavy (non-hydrogen) atoms. The zero-order chi connectivity index (χ0) is 14.9. The van der Waals surface area contributed by atoms with Crippen LogP contribution in [-0.4, -0.2) is 21.5 Å². The molecule has 1 aromatic carbocycles. The number of pyridine rings is 1. The van der Waals surface area contributed by atoms with Gasteiger partial charge in [0.15, 0.2) is 0 Å². The lowest BCUT2D eigenvalue weighted by atomic mass is 9.81. The molecule has 0 aliphatic carbocycles. The summed E-state index contributed by atoms with van der Waals surface area (Å²) in [5.74, 6) is 0.876. The molecule has 2 heterocycles. The largest absolute Gasteiger partial charge is 0.338 e. The van der Waals surface area contributed by atoms with Gasteiger partial charge in [0.1, 0.15) is 5.82 Å². The number of hydrogen-bond donors (Lipinski definition) is 2. The quantitative estimate of drug-likeness (QED) is 0.771. The van der Waals surface area contributed by atoms with Crippen LogP contribution in [0.25, 0.3) is 22.4 Å². The summed E-state index contributed by atoms with van der Waals surface area (Å²) in [6, 6.07) is 10.3. The lowest BCUT2D eigenvalue weighted by Crippen LogP contribution is -2.21. The molecule has 0 atom stereocenters. The Balaban J connectivity index is 2.03. The van der Waals surface area contributed by atoms with Gasteiger partial charge in [-0.05, 0) is 48.2 Å². The molecule has 0 radical (unpaired) electrons. The predicted octanol–water partition coefficient (Wildman–Crippen LogP) is 3.25.